The lowest BCUT2D eigenvalue weighted by Gasteiger charge is -2.03. The largest absolute Gasteiger partial charge is 0.344 e. The summed E-state index contributed by atoms with van der Waals surface area (Å²) in [7, 11) is -3.38. The van der Waals surface area contributed by atoms with Crippen molar-refractivity contribution in [1.29, 1.82) is 0 Å². The monoisotopic (exact) mass is 218 g/mol. The van der Waals surface area contributed by atoms with E-state index in [-0.39, 0.29) is 37.4 Å². The number of halogens is 3. The van der Waals surface area contributed by atoms with E-state index in [2.05, 4.69) is 0 Å². The summed E-state index contributed by atoms with van der Waals surface area (Å²) in [6.07, 6.45) is 1.76. The lowest BCUT2D eigenvalue weighted by Crippen LogP contribution is -1.88. The molecule has 0 atom stereocenters. The van der Waals surface area contributed by atoms with Crippen molar-refractivity contribution in [2.24, 2.45) is 0 Å². The van der Waals surface area contributed by atoms with E-state index >= 15 is 0 Å². The van der Waals surface area contributed by atoms with Gasteiger partial charge in [0, 0.05) is 12.3 Å². The predicted molar refractivity (Wildman–Crippen MR) is 47.3 cm³/mol. The lowest BCUT2D eigenvalue weighted by atomic mass is 10.7. The molecular formula is C6H10ClF2O2P. The summed E-state index contributed by atoms with van der Waals surface area (Å²) in [6.45, 7) is 0. The van der Waals surface area contributed by atoms with Crippen LogP contribution in [0.25, 0.3) is 0 Å². The lowest BCUT2D eigenvalue weighted by molar-refractivity contribution is 0.484. The highest BCUT2D eigenvalue weighted by Gasteiger charge is 2.13. The second-order valence-electron chi connectivity index (χ2n) is 1.93. The van der Waals surface area contributed by atoms with E-state index in [1.54, 1.807) is 0 Å². The van der Waals surface area contributed by atoms with Gasteiger partial charge in [-0.15, -0.1) is 12.4 Å². The number of rotatable bonds is 4. The molecule has 0 aliphatic heterocycles. The Morgan fingerprint density at radius 1 is 1.17 bits per heavy atom. The Kier molecular flexibility index (Phi) is 8.93. The smallest absolute Gasteiger partial charge is 0.208 e. The first-order valence-corrected chi connectivity index (χ1v) is 4.96. The Morgan fingerprint density at radius 2 is 1.50 bits per heavy atom. The van der Waals surface area contributed by atoms with E-state index in [9.17, 15) is 13.3 Å². The Bertz CT molecular complexity index is 188. The van der Waals surface area contributed by atoms with Crippen LogP contribution >= 0.6 is 19.8 Å². The molecule has 0 rings (SSSR count). The van der Waals surface area contributed by atoms with Gasteiger partial charge in [-0.2, -0.15) is 0 Å². The van der Waals surface area contributed by atoms with E-state index in [1.807, 2.05) is 0 Å². The van der Waals surface area contributed by atoms with Gasteiger partial charge in [-0.1, -0.05) is 0 Å². The molecule has 0 radical (unpaired) electrons. The molecular weight excluding hydrogens is 208 g/mol. The van der Waals surface area contributed by atoms with Gasteiger partial charge in [0.05, 0.1) is 12.7 Å². The minimum absolute atomic E-state index is 0. The molecule has 72 valence electrons. The SMILES string of the molecule is Cl.O=P(O)(CC=CF)CC=CF. The van der Waals surface area contributed by atoms with Gasteiger partial charge in [-0.05, 0) is 12.2 Å². The van der Waals surface area contributed by atoms with Crippen molar-refractivity contribution >= 4 is 19.8 Å². The van der Waals surface area contributed by atoms with Crippen LogP contribution in [0.1, 0.15) is 0 Å². The third-order valence-electron chi connectivity index (χ3n) is 0.960. The van der Waals surface area contributed by atoms with Crippen LogP contribution < -0.4 is 0 Å². The molecule has 6 heteroatoms. The normalized spacial score (nSPS) is 16.2. The molecule has 0 heterocycles. The van der Waals surface area contributed by atoms with Crippen molar-refractivity contribution < 1.29 is 18.2 Å². The summed E-state index contributed by atoms with van der Waals surface area (Å²) in [5.41, 5.74) is 0. The minimum Gasteiger partial charge on any atom is -0.344 e. The minimum atomic E-state index is -3.38. The van der Waals surface area contributed by atoms with Crippen LogP contribution in [0.5, 0.6) is 0 Å². The molecule has 12 heavy (non-hydrogen) atoms. The molecule has 0 aromatic carbocycles. The molecule has 0 bridgehead atoms. The maximum absolute atomic E-state index is 11.3. The molecule has 1 N–H and O–H groups in total. The Hall–Kier alpha value is -0.180. The van der Waals surface area contributed by atoms with Crippen LogP contribution in [0.15, 0.2) is 24.8 Å². The molecule has 0 unspecified atom stereocenters. The zero-order chi connectivity index (χ0) is 8.74. The Balaban J connectivity index is 0. The molecule has 0 aromatic rings. The zero-order valence-corrected chi connectivity index (χ0v) is 7.90. The van der Waals surface area contributed by atoms with Crippen molar-refractivity contribution in [2.75, 3.05) is 12.3 Å². The van der Waals surface area contributed by atoms with Crippen LogP contribution in [-0.4, -0.2) is 17.2 Å². The average molecular weight is 219 g/mol. The molecule has 2 nitrogen and oxygen atoms in total. The summed E-state index contributed by atoms with van der Waals surface area (Å²) in [4.78, 5) is 8.90. The molecule has 0 aromatic heterocycles. The van der Waals surface area contributed by atoms with Crippen molar-refractivity contribution in [3.63, 3.8) is 0 Å². The quantitative estimate of drug-likeness (QED) is 0.737. The number of hydrogen-bond donors (Lipinski definition) is 1. The van der Waals surface area contributed by atoms with Crippen LogP contribution in [0.3, 0.4) is 0 Å². The summed E-state index contributed by atoms with van der Waals surface area (Å²) in [5.74, 6) is 0. The first-order chi connectivity index (χ1) is 5.12. The highest BCUT2D eigenvalue weighted by Crippen LogP contribution is 2.40. The van der Waals surface area contributed by atoms with E-state index in [0.29, 0.717) is 0 Å². The van der Waals surface area contributed by atoms with Gasteiger partial charge in [0.25, 0.3) is 0 Å². The maximum Gasteiger partial charge on any atom is 0.208 e. The number of hydrogen-bond acceptors (Lipinski definition) is 1. The molecule has 0 saturated heterocycles. The molecule has 0 fully saturated rings. The second-order valence-corrected chi connectivity index (χ2v) is 4.36. The Morgan fingerprint density at radius 3 is 1.75 bits per heavy atom. The average Bonchev–Trinajstić information content (AvgIpc) is 1.97. The standard InChI is InChI=1S/C6H9F2O2P.ClH/c7-3-1-5-11(9,10)6-2-4-8;/h1-4H,5-6H2,(H,9,10);1H. The third-order valence-corrected chi connectivity index (χ3v) is 2.52. The summed E-state index contributed by atoms with van der Waals surface area (Å²) < 4.78 is 33.5. The van der Waals surface area contributed by atoms with Gasteiger partial charge in [0.2, 0.25) is 7.37 Å². The number of allylic oxidation sites excluding steroid dienone is 2. The maximum atomic E-state index is 11.3. The topological polar surface area (TPSA) is 37.3 Å². The fraction of sp³-hybridized carbons (Fsp3) is 0.333. The van der Waals surface area contributed by atoms with E-state index in [1.165, 1.54) is 0 Å². The van der Waals surface area contributed by atoms with Gasteiger partial charge in [0.1, 0.15) is 0 Å². The highest BCUT2D eigenvalue weighted by atomic mass is 35.5. The molecule has 0 amide bonds. The highest BCUT2D eigenvalue weighted by molar-refractivity contribution is 7.58. The van der Waals surface area contributed by atoms with Crippen LogP contribution in [0.4, 0.5) is 8.78 Å². The molecule has 0 aliphatic rings. The van der Waals surface area contributed by atoms with Gasteiger partial charge in [0.15, 0.2) is 0 Å². The van der Waals surface area contributed by atoms with Crippen LogP contribution in [-0.2, 0) is 4.57 Å². The van der Waals surface area contributed by atoms with Gasteiger partial charge in [-0.3, -0.25) is 4.57 Å². The molecule has 0 saturated carbocycles. The first-order valence-electron chi connectivity index (χ1n) is 2.93. The predicted octanol–water partition coefficient (Wildman–Crippen LogP) is 2.65. The molecule has 0 spiro atoms. The fourth-order valence-corrected chi connectivity index (χ4v) is 1.45. The zero-order valence-electron chi connectivity index (χ0n) is 6.19. The van der Waals surface area contributed by atoms with Crippen molar-refractivity contribution in [1.82, 2.24) is 0 Å². The fourth-order valence-electron chi connectivity index (χ4n) is 0.484. The van der Waals surface area contributed by atoms with Crippen molar-refractivity contribution in [3.05, 3.63) is 24.8 Å². The third kappa shape index (κ3) is 7.92. The van der Waals surface area contributed by atoms with Crippen LogP contribution in [0, 0.1) is 0 Å². The second kappa shape index (κ2) is 7.47. The summed E-state index contributed by atoms with van der Waals surface area (Å²) >= 11 is 0. The molecule has 0 aliphatic carbocycles. The first kappa shape index (κ1) is 14.3. The van der Waals surface area contributed by atoms with Crippen molar-refractivity contribution in [3.8, 4) is 0 Å². The van der Waals surface area contributed by atoms with Crippen LogP contribution in [0.2, 0.25) is 0 Å². The van der Waals surface area contributed by atoms with Crippen molar-refractivity contribution in [2.45, 2.75) is 0 Å². The van der Waals surface area contributed by atoms with E-state index in [4.69, 9.17) is 4.89 Å². The van der Waals surface area contributed by atoms with Gasteiger partial charge < -0.3 is 4.89 Å². The summed E-state index contributed by atoms with van der Waals surface area (Å²) in [6, 6.07) is 0. The Labute approximate surface area is 75.8 Å². The van der Waals surface area contributed by atoms with Gasteiger partial charge >= 0.3 is 0 Å². The summed E-state index contributed by atoms with van der Waals surface area (Å²) in [5, 5.41) is 0. The van der Waals surface area contributed by atoms with E-state index in [0.717, 1.165) is 12.2 Å². The van der Waals surface area contributed by atoms with Gasteiger partial charge in [-0.25, -0.2) is 8.78 Å². The van der Waals surface area contributed by atoms with E-state index < -0.39 is 7.37 Å².